The molecule has 0 spiro atoms. The Hall–Kier alpha value is -3.08. The summed E-state index contributed by atoms with van der Waals surface area (Å²) >= 11 is 0. The summed E-state index contributed by atoms with van der Waals surface area (Å²) in [4.78, 5) is 25.7. The first kappa shape index (κ1) is 46.9. The quantitative estimate of drug-likeness (QED) is 0.0455. The van der Waals surface area contributed by atoms with Crippen LogP contribution in [0.5, 0.6) is 0 Å². The fourth-order valence-corrected chi connectivity index (χ4v) is 6.18. The number of allylic oxidation sites excluding steroid dienone is 10. The lowest BCUT2D eigenvalue weighted by molar-refractivity contribution is -0.151. The number of aliphatic hydroxyl groups excluding tert-OH is 5. The van der Waals surface area contributed by atoms with Crippen LogP contribution >= 0.6 is 0 Å². The predicted octanol–water partition coefficient (Wildman–Crippen LogP) is 7.15. The number of hydrogen-bond acceptors (Lipinski definition) is 9. The summed E-state index contributed by atoms with van der Waals surface area (Å²) in [5, 5.41) is 49.4. The molecule has 0 fully saturated rings. The van der Waals surface area contributed by atoms with E-state index >= 15 is 0 Å². The first-order valence-electron chi connectivity index (χ1n) is 18.9. The van der Waals surface area contributed by atoms with E-state index in [1.165, 1.54) is 6.08 Å². The highest BCUT2D eigenvalue weighted by Crippen LogP contribution is 2.26. The number of esters is 2. The van der Waals surface area contributed by atoms with Crippen LogP contribution in [-0.4, -0.2) is 80.2 Å². The molecule has 0 aromatic heterocycles. The van der Waals surface area contributed by atoms with Gasteiger partial charge >= 0.3 is 11.9 Å². The van der Waals surface area contributed by atoms with Crippen molar-refractivity contribution in [3.05, 3.63) is 83.1 Å². The van der Waals surface area contributed by atoms with E-state index in [2.05, 4.69) is 19.9 Å². The van der Waals surface area contributed by atoms with Gasteiger partial charge in [0.25, 0.3) is 0 Å². The summed E-state index contributed by atoms with van der Waals surface area (Å²) in [6.45, 7) is 17.0. The average Bonchev–Trinajstić information content (AvgIpc) is 3.03. The second-order valence-electron chi connectivity index (χ2n) is 15.1. The standard InChI is InChI=1S/C43H68O9/c1-28(14-12-15-29(2)25-38(47)39(48)27-36(9)45)22-30(3)20-21-43(50)51-40-18-13-19-42(49)52-41(17-11-10-16-32(40)5)34(7)24-31(4)23-33(6)37(46)26-35(8)44/h10-12,14-15,20-23,25,32-41,44-48H,13,16-19,24,26-27H2,1-9H3/b11-10+,15-12+,21-20+,28-14?,29-25+,30-22?,31-23+/t32-,33+,34-,35+,36+,37+,38-,39-,40-,41+/m0/s1. The van der Waals surface area contributed by atoms with Gasteiger partial charge in [-0.15, -0.1) is 0 Å². The summed E-state index contributed by atoms with van der Waals surface area (Å²) < 4.78 is 11.8. The zero-order chi connectivity index (χ0) is 39.4. The van der Waals surface area contributed by atoms with Gasteiger partial charge in [-0.3, -0.25) is 4.79 Å². The maximum atomic E-state index is 12.9. The number of cyclic esters (lactones) is 1. The normalized spacial score (nSPS) is 25.3. The van der Waals surface area contributed by atoms with Crippen molar-refractivity contribution in [2.45, 2.75) is 156 Å². The Bertz CT molecular complexity index is 1300. The van der Waals surface area contributed by atoms with E-state index in [-0.39, 0.29) is 48.8 Å². The molecule has 5 N–H and O–H groups in total. The van der Waals surface area contributed by atoms with Gasteiger partial charge in [-0.05, 0) is 85.5 Å². The van der Waals surface area contributed by atoms with Crippen molar-refractivity contribution in [3.8, 4) is 0 Å². The van der Waals surface area contributed by atoms with E-state index in [4.69, 9.17) is 9.47 Å². The molecular formula is C43H68O9. The van der Waals surface area contributed by atoms with Crippen LogP contribution in [-0.2, 0) is 19.1 Å². The van der Waals surface area contributed by atoms with Crippen LogP contribution in [0.1, 0.15) is 114 Å². The van der Waals surface area contributed by atoms with Crippen LogP contribution < -0.4 is 0 Å². The summed E-state index contributed by atoms with van der Waals surface area (Å²) in [6, 6.07) is 0. The van der Waals surface area contributed by atoms with Crippen LogP contribution in [0.3, 0.4) is 0 Å². The molecule has 1 aliphatic rings. The number of aliphatic hydroxyl groups is 5. The monoisotopic (exact) mass is 728 g/mol. The third-order valence-electron chi connectivity index (χ3n) is 9.18. The van der Waals surface area contributed by atoms with Gasteiger partial charge in [0.2, 0.25) is 0 Å². The first-order valence-corrected chi connectivity index (χ1v) is 18.9. The maximum Gasteiger partial charge on any atom is 0.331 e. The molecule has 52 heavy (non-hydrogen) atoms. The number of ether oxygens (including phenoxy) is 2. The molecule has 0 aliphatic carbocycles. The summed E-state index contributed by atoms with van der Waals surface area (Å²) in [5.41, 5.74) is 3.68. The second-order valence-corrected chi connectivity index (χ2v) is 15.1. The van der Waals surface area contributed by atoms with E-state index in [1.54, 1.807) is 26.0 Å². The first-order chi connectivity index (χ1) is 24.4. The molecule has 0 saturated heterocycles. The molecule has 294 valence electrons. The third-order valence-corrected chi connectivity index (χ3v) is 9.18. The zero-order valence-corrected chi connectivity index (χ0v) is 33.1. The van der Waals surface area contributed by atoms with E-state index in [0.29, 0.717) is 25.7 Å². The van der Waals surface area contributed by atoms with Crippen LogP contribution in [0, 0.1) is 17.8 Å². The molecule has 0 saturated carbocycles. The van der Waals surface area contributed by atoms with Crippen molar-refractivity contribution in [2.75, 3.05) is 0 Å². The van der Waals surface area contributed by atoms with Crippen LogP contribution in [0.2, 0.25) is 0 Å². The fraction of sp³-hybridized carbons (Fsp3) is 0.628. The lowest BCUT2D eigenvalue weighted by Gasteiger charge is -2.26. The minimum Gasteiger partial charge on any atom is -0.462 e. The van der Waals surface area contributed by atoms with Crippen molar-refractivity contribution >= 4 is 11.9 Å². The SMILES string of the molecule is CC(=C/C=C/C(C)=C/[C@H](O)[C@@H](O)C[C@@H](C)O)C=C(C)/C=C/C(=O)O[C@H]1CCCC(=O)O[C@@H]([C@@H](C)C/C(C)=C/[C@@H](C)[C@H](O)C[C@@H](C)O)C/C=C/C[C@@H]1C. The molecule has 1 heterocycles. The molecule has 0 bridgehead atoms. The fourth-order valence-electron chi connectivity index (χ4n) is 6.18. The highest BCUT2D eigenvalue weighted by atomic mass is 16.5. The van der Waals surface area contributed by atoms with Gasteiger partial charge in [0, 0.05) is 31.3 Å². The second kappa shape index (κ2) is 25.0. The summed E-state index contributed by atoms with van der Waals surface area (Å²) in [5.74, 6) is -0.652. The Morgan fingerprint density at radius 3 is 2.15 bits per heavy atom. The highest BCUT2D eigenvalue weighted by Gasteiger charge is 2.25. The van der Waals surface area contributed by atoms with E-state index in [1.807, 2.05) is 71.1 Å². The summed E-state index contributed by atoms with van der Waals surface area (Å²) in [6.07, 6.45) is 17.5. The topological polar surface area (TPSA) is 154 Å². The van der Waals surface area contributed by atoms with Gasteiger partial charge in [0.05, 0.1) is 30.5 Å². The van der Waals surface area contributed by atoms with E-state index in [0.717, 1.165) is 35.1 Å². The Balaban J connectivity index is 2.79. The molecule has 10 atom stereocenters. The number of carbonyl (C=O) groups excluding carboxylic acids is 2. The predicted molar refractivity (Wildman–Crippen MR) is 208 cm³/mol. The molecule has 9 nitrogen and oxygen atoms in total. The lowest BCUT2D eigenvalue weighted by atomic mass is 9.90. The van der Waals surface area contributed by atoms with Crippen molar-refractivity contribution in [1.82, 2.24) is 0 Å². The Kier molecular flexibility index (Phi) is 22.6. The minimum atomic E-state index is -1.07. The molecule has 9 heteroatoms. The largest absolute Gasteiger partial charge is 0.462 e. The van der Waals surface area contributed by atoms with Crippen molar-refractivity contribution < 1.29 is 44.6 Å². The number of rotatable bonds is 17. The number of carbonyl (C=O) groups is 2. The minimum absolute atomic E-state index is 0.0633. The molecule has 0 amide bonds. The van der Waals surface area contributed by atoms with Crippen LogP contribution in [0.4, 0.5) is 0 Å². The lowest BCUT2D eigenvalue weighted by Crippen LogP contribution is -2.27. The maximum absolute atomic E-state index is 12.9. The van der Waals surface area contributed by atoms with Crippen molar-refractivity contribution in [1.29, 1.82) is 0 Å². The molecule has 1 aliphatic heterocycles. The summed E-state index contributed by atoms with van der Waals surface area (Å²) in [7, 11) is 0. The van der Waals surface area contributed by atoms with E-state index < -0.39 is 36.5 Å². The molecule has 0 radical (unpaired) electrons. The van der Waals surface area contributed by atoms with Gasteiger partial charge in [-0.2, -0.15) is 0 Å². The van der Waals surface area contributed by atoms with Crippen LogP contribution in [0.25, 0.3) is 0 Å². The Labute approximate surface area is 313 Å². The van der Waals surface area contributed by atoms with Gasteiger partial charge in [0.15, 0.2) is 0 Å². The van der Waals surface area contributed by atoms with Gasteiger partial charge in [0.1, 0.15) is 12.2 Å². The molecular weight excluding hydrogens is 660 g/mol. The number of hydrogen-bond donors (Lipinski definition) is 5. The smallest absolute Gasteiger partial charge is 0.331 e. The van der Waals surface area contributed by atoms with Gasteiger partial charge < -0.3 is 35.0 Å². The Morgan fingerprint density at radius 1 is 0.865 bits per heavy atom. The molecule has 0 aromatic rings. The molecule has 1 rings (SSSR count). The van der Waals surface area contributed by atoms with E-state index in [9.17, 15) is 35.1 Å². The Morgan fingerprint density at radius 2 is 1.50 bits per heavy atom. The molecule has 0 unspecified atom stereocenters. The van der Waals surface area contributed by atoms with Crippen molar-refractivity contribution in [3.63, 3.8) is 0 Å². The highest BCUT2D eigenvalue weighted by molar-refractivity contribution is 5.82. The van der Waals surface area contributed by atoms with Crippen molar-refractivity contribution in [2.24, 2.45) is 17.8 Å². The van der Waals surface area contributed by atoms with Crippen LogP contribution in [0.15, 0.2) is 83.1 Å². The van der Waals surface area contributed by atoms with Gasteiger partial charge in [-0.1, -0.05) is 97.7 Å². The third kappa shape index (κ3) is 20.8. The molecule has 0 aromatic carbocycles. The average molecular weight is 729 g/mol. The van der Waals surface area contributed by atoms with Gasteiger partial charge in [-0.25, -0.2) is 4.79 Å². The zero-order valence-electron chi connectivity index (χ0n) is 33.1.